The van der Waals surface area contributed by atoms with E-state index in [-0.39, 0.29) is 40.4 Å². The number of nitrogens with zero attached hydrogens (tertiary/aromatic N) is 2. The van der Waals surface area contributed by atoms with Crippen LogP contribution in [0.1, 0.15) is 86.6 Å². The molecule has 0 spiro atoms. The van der Waals surface area contributed by atoms with Crippen molar-refractivity contribution in [3.8, 4) is 0 Å². The Bertz CT molecular complexity index is 996. The molecule has 3 rings (SSSR count). The van der Waals surface area contributed by atoms with Gasteiger partial charge in [-0.1, -0.05) is 36.4 Å². The van der Waals surface area contributed by atoms with Gasteiger partial charge in [0, 0.05) is 34.0 Å². The quantitative estimate of drug-likeness (QED) is 0.295. The van der Waals surface area contributed by atoms with Gasteiger partial charge in [0.05, 0.1) is 0 Å². The summed E-state index contributed by atoms with van der Waals surface area (Å²) in [5.74, 6) is -2.95. The lowest BCUT2D eigenvalue weighted by Crippen LogP contribution is -2.69. The van der Waals surface area contributed by atoms with Gasteiger partial charge in [-0.05, 0) is 113 Å². The first-order chi connectivity index (χ1) is 17.7. The van der Waals surface area contributed by atoms with Gasteiger partial charge in [-0.3, -0.25) is 19.4 Å². The number of carboxylic acid groups (broad SMARTS) is 2. The normalized spacial score (nSPS) is 24.3. The molecule has 39 heavy (non-hydrogen) atoms. The Morgan fingerprint density at radius 2 is 1.13 bits per heavy atom. The van der Waals surface area contributed by atoms with Crippen LogP contribution < -0.4 is 0 Å². The fraction of sp³-hybridized carbons (Fsp3) is 0.697. The van der Waals surface area contributed by atoms with Crippen LogP contribution in [-0.2, 0) is 16.0 Å². The van der Waals surface area contributed by atoms with Crippen LogP contribution in [0.4, 0.5) is 0 Å². The largest absolute Gasteiger partial charge is 0.480 e. The second kappa shape index (κ2) is 10.0. The fourth-order valence-corrected chi connectivity index (χ4v) is 8.62. The summed E-state index contributed by atoms with van der Waals surface area (Å²) in [6.45, 7) is 21.9. The van der Waals surface area contributed by atoms with Gasteiger partial charge < -0.3 is 10.2 Å². The maximum Gasteiger partial charge on any atom is 0.322 e. The van der Waals surface area contributed by atoms with E-state index < -0.39 is 22.8 Å². The predicted octanol–water partition coefficient (Wildman–Crippen LogP) is 6.36. The van der Waals surface area contributed by atoms with Crippen molar-refractivity contribution in [1.82, 2.24) is 9.80 Å². The van der Waals surface area contributed by atoms with Crippen LogP contribution in [0.5, 0.6) is 0 Å². The van der Waals surface area contributed by atoms with Crippen molar-refractivity contribution < 1.29 is 19.8 Å². The van der Waals surface area contributed by atoms with E-state index in [1.54, 1.807) is 6.08 Å². The van der Waals surface area contributed by atoms with E-state index >= 15 is 0 Å². The number of aliphatic carboxylic acids is 2. The molecule has 6 nitrogen and oxygen atoms in total. The van der Waals surface area contributed by atoms with Crippen molar-refractivity contribution in [2.45, 2.75) is 110 Å². The summed E-state index contributed by atoms with van der Waals surface area (Å²) in [6.07, 6.45) is 4.42. The second-order valence-corrected chi connectivity index (χ2v) is 14.9. The van der Waals surface area contributed by atoms with E-state index in [9.17, 15) is 19.8 Å². The predicted molar refractivity (Wildman–Crippen MR) is 158 cm³/mol. The number of carbonyl (C=O) groups is 2. The third-order valence-corrected chi connectivity index (χ3v) is 11.1. The highest BCUT2D eigenvalue weighted by Crippen LogP contribution is 2.64. The third kappa shape index (κ3) is 4.97. The van der Waals surface area contributed by atoms with Gasteiger partial charge in [0.1, 0.15) is 0 Å². The Morgan fingerprint density at radius 1 is 0.795 bits per heavy atom. The Labute approximate surface area is 236 Å². The molecule has 2 aliphatic rings. The highest BCUT2D eigenvalue weighted by Gasteiger charge is 2.69. The highest BCUT2D eigenvalue weighted by atomic mass is 16.4. The molecular weight excluding hydrogens is 488 g/mol. The minimum absolute atomic E-state index is 0.0923. The van der Waals surface area contributed by atoms with Crippen LogP contribution in [0.15, 0.2) is 43.0 Å². The van der Waals surface area contributed by atoms with Gasteiger partial charge in [-0.15, -0.1) is 6.58 Å². The molecule has 2 saturated heterocycles. The van der Waals surface area contributed by atoms with Crippen molar-refractivity contribution >= 4 is 11.9 Å². The SMILES string of the molecule is C=CC(C1CC(C)(C)N(C)C(C)(C)C1)(C1CC(C)(C)N(C)C(C)(C)C1)C(Cc1ccccc1)(C(=O)O)C(=O)O. The molecule has 6 heteroatoms. The van der Waals surface area contributed by atoms with E-state index in [0.29, 0.717) is 31.2 Å². The number of allylic oxidation sites excluding steroid dienone is 1. The second-order valence-electron chi connectivity index (χ2n) is 14.9. The Kier molecular flexibility index (Phi) is 8.06. The number of piperidine rings is 2. The summed E-state index contributed by atoms with van der Waals surface area (Å²) in [7, 11) is 4.25. The molecule has 1 aromatic rings. The van der Waals surface area contributed by atoms with Crippen LogP contribution in [0.25, 0.3) is 0 Å². The van der Waals surface area contributed by atoms with Crippen LogP contribution in [0, 0.1) is 22.7 Å². The molecular formula is C33H52N2O4. The first-order valence-corrected chi connectivity index (χ1v) is 14.3. The number of rotatable bonds is 8. The number of benzene rings is 1. The van der Waals surface area contributed by atoms with Crippen molar-refractivity contribution in [2.24, 2.45) is 22.7 Å². The monoisotopic (exact) mass is 540 g/mol. The lowest BCUT2D eigenvalue weighted by Gasteiger charge is -2.65. The maximum atomic E-state index is 13.7. The van der Waals surface area contributed by atoms with E-state index in [2.05, 4.69) is 85.9 Å². The zero-order chi connectivity index (χ0) is 29.8. The van der Waals surface area contributed by atoms with Gasteiger partial charge in [-0.25, -0.2) is 0 Å². The van der Waals surface area contributed by atoms with E-state index in [1.807, 2.05) is 30.3 Å². The summed E-state index contributed by atoms with van der Waals surface area (Å²) < 4.78 is 0. The summed E-state index contributed by atoms with van der Waals surface area (Å²) in [6, 6.07) is 9.27. The molecule has 0 aromatic heterocycles. The van der Waals surface area contributed by atoms with Crippen LogP contribution >= 0.6 is 0 Å². The Morgan fingerprint density at radius 3 is 1.41 bits per heavy atom. The van der Waals surface area contributed by atoms with Crippen molar-refractivity contribution in [1.29, 1.82) is 0 Å². The zero-order valence-electron chi connectivity index (χ0n) is 26.0. The van der Waals surface area contributed by atoms with Crippen LogP contribution in [0.3, 0.4) is 0 Å². The van der Waals surface area contributed by atoms with Gasteiger partial charge in [0.25, 0.3) is 0 Å². The van der Waals surface area contributed by atoms with E-state index in [1.165, 1.54) is 0 Å². The topological polar surface area (TPSA) is 81.1 Å². The molecule has 1 aromatic carbocycles. The third-order valence-electron chi connectivity index (χ3n) is 11.1. The standard InChI is InChI=1S/C33H52N2O4/c1-12-32(24-19-28(2,3)34(10)29(4,5)20-24,25-21-30(6,7)35(11)31(8,9)22-25)33(26(36)37,27(38)39)18-23-16-14-13-15-17-23/h12-17,24-25H,1,18-22H2,2-11H3,(H,36,37)(H,38,39). The Balaban J connectivity index is 2.42. The van der Waals surface area contributed by atoms with Gasteiger partial charge in [0.2, 0.25) is 0 Å². The molecule has 218 valence electrons. The first-order valence-electron chi connectivity index (χ1n) is 14.3. The summed E-state index contributed by atoms with van der Waals surface area (Å²) >= 11 is 0. The van der Waals surface area contributed by atoms with Crippen molar-refractivity contribution in [3.63, 3.8) is 0 Å². The molecule has 2 fully saturated rings. The molecule has 2 aliphatic heterocycles. The Hall–Kier alpha value is -2.18. The number of hydrogen-bond acceptors (Lipinski definition) is 4. The van der Waals surface area contributed by atoms with Crippen LogP contribution in [-0.4, -0.2) is 68.2 Å². The first kappa shape index (κ1) is 31.3. The minimum Gasteiger partial charge on any atom is -0.480 e. The van der Waals surface area contributed by atoms with E-state index in [4.69, 9.17) is 0 Å². The highest BCUT2D eigenvalue weighted by molar-refractivity contribution is 6.00. The number of hydrogen-bond donors (Lipinski definition) is 2. The lowest BCUT2D eigenvalue weighted by molar-refractivity contribution is -0.196. The van der Waals surface area contributed by atoms with Crippen LogP contribution in [0.2, 0.25) is 0 Å². The van der Waals surface area contributed by atoms with Gasteiger partial charge >= 0.3 is 11.9 Å². The lowest BCUT2D eigenvalue weighted by atomic mass is 9.44. The molecule has 0 bridgehead atoms. The van der Waals surface area contributed by atoms with Crippen molar-refractivity contribution in [3.05, 3.63) is 48.6 Å². The number of likely N-dealkylation sites (tertiary alicyclic amines) is 2. The smallest absolute Gasteiger partial charge is 0.322 e. The molecule has 0 radical (unpaired) electrons. The molecule has 0 amide bonds. The minimum atomic E-state index is -2.09. The molecule has 0 saturated carbocycles. The molecule has 0 atom stereocenters. The molecule has 2 N–H and O–H groups in total. The zero-order valence-corrected chi connectivity index (χ0v) is 26.0. The van der Waals surface area contributed by atoms with Gasteiger partial charge in [0.15, 0.2) is 5.41 Å². The molecule has 2 heterocycles. The van der Waals surface area contributed by atoms with Crippen molar-refractivity contribution in [2.75, 3.05) is 14.1 Å². The summed E-state index contributed by atoms with van der Waals surface area (Å²) in [4.78, 5) is 32.1. The van der Waals surface area contributed by atoms with Gasteiger partial charge in [-0.2, -0.15) is 0 Å². The molecule has 0 unspecified atom stereocenters. The summed E-state index contributed by atoms with van der Waals surface area (Å²) in [5, 5.41) is 22.3. The maximum absolute atomic E-state index is 13.7. The number of carboxylic acids is 2. The average Bonchev–Trinajstić information content (AvgIpc) is 2.80. The van der Waals surface area contributed by atoms with E-state index in [0.717, 1.165) is 0 Å². The summed E-state index contributed by atoms with van der Waals surface area (Å²) in [5.41, 5.74) is -3.60. The molecule has 0 aliphatic carbocycles. The fourth-order valence-electron chi connectivity index (χ4n) is 8.62. The average molecular weight is 541 g/mol.